The Balaban J connectivity index is 1.76. The number of benzene rings is 2. The SMILES string of the molecule is CC(O)c1ccc(N2CCC(c3ccccc3)C2)cc1Br. The lowest BCUT2D eigenvalue weighted by Crippen LogP contribution is -2.19. The van der Waals surface area contributed by atoms with E-state index in [0.29, 0.717) is 5.92 Å². The zero-order chi connectivity index (χ0) is 14.8. The summed E-state index contributed by atoms with van der Waals surface area (Å²) in [5, 5.41) is 9.71. The van der Waals surface area contributed by atoms with Gasteiger partial charge in [-0.3, -0.25) is 0 Å². The third-order valence-electron chi connectivity index (χ3n) is 4.26. The molecule has 2 aromatic rings. The molecule has 2 aromatic carbocycles. The maximum atomic E-state index is 9.71. The summed E-state index contributed by atoms with van der Waals surface area (Å²) in [7, 11) is 0. The van der Waals surface area contributed by atoms with Gasteiger partial charge in [0.25, 0.3) is 0 Å². The van der Waals surface area contributed by atoms with Crippen LogP contribution in [0.1, 0.15) is 36.5 Å². The van der Waals surface area contributed by atoms with Crippen molar-refractivity contribution in [2.45, 2.75) is 25.4 Å². The molecule has 0 aliphatic carbocycles. The fourth-order valence-corrected chi connectivity index (χ4v) is 3.74. The van der Waals surface area contributed by atoms with E-state index in [1.54, 1.807) is 6.92 Å². The third kappa shape index (κ3) is 3.14. The van der Waals surface area contributed by atoms with Crippen molar-refractivity contribution in [3.63, 3.8) is 0 Å². The van der Waals surface area contributed by atoms with E-state index in [-0.39, 0.29) is 0 Å². The second kappa shape index (κ2) is 6.20. The number of aliphatic hydroxyl groups excluding tert-OH is 1. The first kappa shape index (κ1) is 14.6. The second-order valence-electron chi connectivity index (χ2n) is 5.72. The Morgan fingerprint density at radius 2 is 1.95 bits per heavy atom. The number of hydrogen-bond acceptors (Lipinski definition) is 2. The molecule has 0 spiro atoms. The Bertz CT molecular complexity index is 612. The van der Waals surface area contributed by atoms with E-state index in [1.165, 1.54) is 17.7 Å². The molecule has 0 saturated carbocycles. The average molecular weight is 346 g/mol. The first-order valence-corrected chi connectivity index (χ1v) is 8.22. The Morgan fingerprint density at radius 1 is 1.19 bits per heavy atom. The highest BCUT2D eigenvalue weighted by Crippen LogP contribution is 2.33. The standard InChI is InChI=1S/C18H20BrNO/c1-13(21)17-8-7-16(11-18(17)19)20-10-9-15(12-20)14-5-3-2-4-6-14/h2-8,11,13,15,21H,9-10,12H2,1H3. The summed E-state index contributed by atoms with van der Waals surface area (Å²) in [4.78, 5) is 2.42. The van der Waals surface area contributed by atoms with Crippen LogP contribution in [0.2, 0.25) is 0 Å². The van der Waals surface area contributed by atoms with Crippen LogP contribution in [0.25, 0.3) is 0 Å². The molecule has 3 rings (SSSR count). The highest BCUT2D eigenvalue weighted by molar-refractivity contribution is 9.10. The number of aliphatic hydroxyl groups is 1. The van der Waals surface area contributed by atoms with Gasteiger partial charge >= 0.3 is 0 Å². The van der Waals surface area contributed by atoms with Crippen molar-refractivity contribution in [3.8, 4) is 0 Å². The molecule has 3 heteroatoms. The minimum atomic E-state index is -0.441. The molecule has 1 aliphatic heterocycles. The van der Waals surface area contributed by atoms with Gasteiger partial charge < -0.3 is 10.0 Å². The minimum absolute atomic E-state index is 0.441. The molecule has 21 heavy (non-hydrogen) atoms. The van der Waals surface area contributed by atoms with Crippen molar-refractivity contribution in [2.75, 3.05) is 18.0 Å². The zero-order valence-electron chi connectivity index (χ0n) is 12.2. The van der Waals surface area contributed by atoms with E-state index in [4.69, 9.17) is 0 Å². The van der Waals surface area contributed by atoms with Gasteiger partial charge in [0.05, 0.1) is 6.10 Å². The van der Waals surface area contributed by atoms with Gasteiger partial charge in [-0.15, -0.1) is 0 Å². The summed E-state index contributed by atoms with van der Waals surface area (Å²) in [6.07, 6.45) is 0.754. The van der Waals surface area contributed by atoms with Gasteiger partial charge in [0.2, 0.25) is 0 Å². The molecular formula is C18H20BrNO. The summed E-state index contributed by atoms with van der Waals surface area (Å²) in [6.45, 7) is 3.94. The van der Waals surface area contributed by atoms with E-state index in [9.17, 15) is 5.11 Å². The molecule has 2 nitrogen and oxygen atoms in total. The van der Waals surface area contributed by atoms with E-state index in [1.807, 2.05) is 6.07 Å². The van der Waals surface area contributed by atoms with Crippen molar-refractivity contribution in [1.29, 1.82) is 0 Å². The monoisotopic (exact) mass is 345 g/mol. The number of halogens is 1. The molecule has 2 atom stereocenters. The summed E-state index contributed by atoms with van der Waals surface area (Å²) in [5.41, 5.74) is 3.60. The molecule has 0 aromatic heterocycles. The summed E-state index contributed by atoms with van der Waals surface area (Å²) in [5.74, 6) is 0.612. The number of nitrogens with zero attached hydrogens (tertiary/aromatic N) is 1. The van der Waals surface area contributed by atoms with Gasteiger partial charge in [-0.05, 0) is 36.6 Å². The topological polar surface area (TPSA) is 23.5 Å². The van der Waals surface area contributed by atoms with Crippen LogP contribution in [0.5, 0.6) is 0 Å². The molecule has 1 aliphatic rings. The van der Waals surface area contributed by atoms with Crippen molar-refractivity contribution in [1.82, 2.24) is 0 Å². The molecule has 2 unspecified atom stereocenters. The maximum Gasteiger partial charge on any atom is 0.0772 e. The number of rotatable bonds is 3. The maximum absolute atomic E-state index is 9.71. The van der Waals surface area contributed by atoms with Crippen LogP contribution in [0.4, 0.5) is 5.69 Å². The number of hydrogen-bond donors (Lipinski definition) is 1. The quantitative estimate of drug-likeness (QED) is 0.885. The Labute approximate surface area is 134 Å². The van der Waals surface area contributed by atoms with E-state index >= 15 is 0 Å². The lowest BCUT2D eigenvalue weighted by atomic mass is 9.99. The normalized spacial score (nSPS) is 19.8. The Hall–Kier alpha value is -1.32. The fourth-order valence-electron chi connectivity index (χ4n) is 3.04. The predicted molar refractivity (Wildman–Crippen MR) is 90.8 cm³/mol. The van der Waals surface area contributed by atoms with Crippen molar-refractivity contribution in [2.24, 2.45) is 0 Å². The molecule has 1 N–H and O–H groups in total. The minimum Gasteiger partial charge on any atom is -0.389 e. The highest BCUT2D eigenvalue weighted by Gasteiger charge is 2.24. The van der Waals surface area contributed by atoms with Gasteiger partial charge in [-0.25, -0.2) is 0 Å². The largest absolute Gasteiger partial charge is 0.389 e. The molecule has 110 valence electrons. The van der Waals surface area contributed by atoms with E-state index in [0.717, 1.165) is 23.1 Å². The first-order chi connectivity index (χ1) is 10.1. The third-order valence-corrected chi connectivity index (χ3v) is 4.95. The molecule has 0 radical (unpaired) electrons. The van der Waals surface area contributed by atoms with Gasteiger partial charge in [-0.2, -0.15) is 0 Å². The zero-order valence-corrected chi connectivity index (χ0v) is 13.8. The smallest absolute Gasteiger partial charge is 0.0772 e. The van der Waals surface area contributed by atoms with Crippen molar-refractivity contribution >= 4 is 21.6 Å². The van der Waals surface area contributed by atoms with Crippen molar-refractivity contribution in [3.05, 3.63) is 64.1 Å². The lowest BCUT2D eigenvalue weighted by Gasteiger charge is -2.20. The summed E-state index contributed by atoms with van der Waals surface area (Å²) in [6, 6.07) is 17.0. The average Bonchev–Trinajstić information content (AvgIpc) is 2.97. The summed E-state index contributed by atoms with van der Waals surface area (Å²) >= 11 is 3.57. The molecule has 0 bridgehead atoms. The predicted octanol–water partition coefficient (Wildman–Crippen LogP) is 4.50. The summed E-state index contributed by atoms with van der Waals surface area (Å²) < 4.78 is 0.984. The van der Waals surface area contributed by atoms with E-state index in [2.05, 4.69) is 63.3 Å². The fraction of sp³-hybridized carbons (Fsp3) is 0.333. The van der Waals surface area contributed by atoms with Gasteiger partial charge in [0, 0.05) is 29.2 Å². The van der Waals surface area contributed by atoms with Gasteiger partial charge in [0.15, 0.2) is 0 Å². The van der Waals surface area contributed by atoms with Crippen LogP contribution in [0.15, 0.2) is 53.0 Å². The Kier molecular flexibility index (Phi) is 4.32. The van der Waals surface area contributed by atoms with Crippen LogP contribution in [0, 0.1) is 0 Å². The molecular weight excluding hydrogens is 326 g/mol. The van der Waals surface area contributed by atoms with Crippen LogP contribution < -0.4 is 4.90 Å². The molecule has 1 saturated heterocycles. The van der Waals surface area contributed by atoms with Crippen LogP contribution in [-0.4, -0.2) is 18.2 Å². The molecule has 0 amide bonds. The van der Waals surface area contributed by atoms with Gasteiger partial charge in [-0.1, -0.05) is 52.3 Å². The Morgan fingerprint density at radius 3 is 2.62 bits per heavy atom. The highest BCUT2D eigenvalue weighted by atomic mass is 79.9. The second-order valence-corrected chi connectivity index (χ2v) is 6.58. The van der Waals surface area contributed by atoms with Crippen LogP contribution in [0.3, 0.4) is 0 Å². The van der Waals surface area contributed by atoms with Gasteiger partial charge in [0.1, 0.15) is 0 Å². The first-order valence-electron chi connectivity index (χ1n) is 7.42. The number of anilines is 1. The van der Waals surface area contributed by atoms with Crippen LogP contribution >= 0.6 is 15.9 Å². The molecule has 1 fully saturated rings. The molecule has 1 heterocycles. The van der Waals surface area contributed by atoms with Crippen molar-refractivity contribution < 1.29 is 5.11 Å². The van der Waals surface area contributed by atoms with E-state index < -0.39 is 6.10 Å². The lowest BCUT2D eigenvalue weighted by molar-refractivity contribution is 0.198. The van der Waals surface area contributed by atoms with Crippen LogP contribution in [-0.2, 0) is 0 Å².